The molecule has 1 atom stereocenters. The third kappa shape index (κ3) is 4.76. The van der Waals surface area contributed by atoms with E-state index in [0.717, 1.165) is 17.4 Å². The normalized spacial score (nSPS) is 16.2. The van der Waals surface area contributed by atoms with Gasteiger partial charge in [-0.2, -0.15) is 0 Å². The van der Waals surface area contributed by atoms with Crippen LogP contribution >= 0.6 is 0 Å². The SMILES string of the molecule is CC(CC1CCC1)Nc1ccc(OCCC(N)=O)cc1. The number of nitrogens with one attached hydrogen (secondary N) is 1. The van der Waals surface area contributed by atoms with E-state index in [2.05, 4.69) is 12.2 Å². The van der Waals surface area contributed by atoms with Crippen molar-refractivity contribution in [1.29, 1.82) is 0 Å². The van der Waals surface area contributed by atoms with Crippen molar-refractivity contribution in [1.82, 2.24) is 0 Å². The van der Waals surface area contributed by atoms with E-state index in [4.69, 9.17) is 10.5 Å². The first-order chi connectivity index (χ1) is 9.63. The minimum Gasteiger partial charge on any atom is -0.493 e. The Kier molecular flexibility index (Phi) is 5.27. The Morgan fingerprint density at radius 2 is 2.10 bits per heavy atom. The lowest BCUT2D eigenvalue weighted by molar-refractivity contribution is -0.118. The van der Waals surface area contributed by atoms with Crippen molar-refractivity contribution in [3.8, 4) is 5.75 Å². The lowest BCUT2D eigenvalue weighted by atomic mass is 9.81. The molecule has 0 heterocycles. The maximum atomic E-state index is 10.6. The first-order valence-electron chi connectivity index (χ1n) is 7.41. The summed E-state index contributed by atoms with van der Waals surface area (Å²) < 4.78 is 5.44. The molecule has 3 N–H and O–H groups in total. The van der Waals surface area contributed by atoms with Crippen molar-refractivity contribution in [3.05, 3.63) is 24.3 Å². The highest BCUT2D eigenvalue weighted by Gasteiger charge is 2.19. The van der Waals surface area contributed by atoms with Crippen LogP contribution in [0.4, 0.5) is 5.69 Å². The van der Waals surface area contributed by atoms with Crippen molar-refractivity contribution in [2.45, 2.75) is 45.1 Å². The van der Waals surface area contributed by atoms with E-state index in [1.54, 1.807) is 0 Å². The Hall–Kier alpha value is -1.71. The highest BCUT2D eigenvalue weighted by molar-refractivity contribution is 5.73. The van der Waals surface area contributed by atoms with Crippen LogP contribution in [0.25, 0.3) is 0 Å². The maximum absolute atomic E-state index is 10.6. The minimum absolute atomic E-state index is 0.248. The van der Waals surface area contributed by atoms with Gasteiger partial charge in [0.1, 0.15) is 5.75 Å². The van der Waals surface area contributed by atoms with Crippen LogP contribution in [0.15, 0.2) is 24.3 Å². The fourth-order valence-corrected chi connectivity index (χ4v) is 2.49. The average molecular weight is 276 g/mol. The molecular weight excluding hydrogens is 252 g/mol. The molecule has 1 aliphatic rings. The number of rotatable bonds is 8. The Morgan fingerprint density at radius 1 is 1.40 bits per heavy atom. The molecule has 0 radical (unpaired) electrons. The van der Waals surface area contributed by atoms with Crippen LogP contribution < -0.4 is 15.8 Å². The van der Waals surface area contributed by atoms with Gasteiger partial charge in [0.25, 0.3) is 0 Å². The number of carbonyl (C=O) groups is 1. The quantitative estimate of drug-likeness (QED) is 0.767. The molecule has 1 aromatic carbocycles. The summed E-state index contributed by atoms with van der Waals surface area (Å²) in [4.78, 5) is 10.6. The first-order valence-corrected chi connectivity index (χ1v) is 7.41. The lowest BCUT2D eigenvalue weighted by Gasteiger charge is -2.28. The van der Waals surface area contributed by atoms with Crippen molar-refractivity contribution >= 4 is 11.6 Å². The summed E-state index contributed by atoms with van der Waals surface area (Å²) in [6.07, 6.45) is 5.67. The highest BCUT2D eigenvalue weighted by Crippen LogP contribution is 2.31. The predicted molar refractivity (Wildman–Crippen MR) is 80.8 cm³/mol. The zero-order chi connectivity index (χ0) is 14.4. The molecule has 110 valence electrons. The van der Waals surface area contributed by atoms with Gasteiger partial charge in [0.2, 0.25) is 5.91 Å². The van der Waals surface area contributed by atoms with Gasteiger partial charge in [-0.1, -0.05) is 19.3 Å². The molecule has 4 nitrogen and oxygen atoms in total. The maximum Gasteiger partial charge on any atom is 0.220 e. The number of carbonyl (C=O) groups excluding carboxylic acids is 1. The monoisotopic (exact) mass is 276 g/mol. The van der Waals surface area contributed by atoms with Gasteiger partial charge in [0.15, 0.2) is 0 Å². The molecule has 1 amide bonds. The van der Waals surface area contributed by atoms with Gasteiger partial charge in [0, 0.05) is 11.7 Å². The van der Waals surface area contributed by atoms with Crippen molar-refractivity contribution in [2.75, 3.05) is 11.9 Å². The second kappa shape index (κ2) is 7.17. The molecule has 0 aliphatic heterocycles. The van der Waals surface area contributed by atoms with Crippen LogP contribution in [0.3, 0.4) is 0 Å². The number of hydrogen-bond donors (Lipinski definition) is 2. The van der Waals surface area contributed by atoms with Crippen LogP contribution in [0.5, 0.6) is 5.75 Å². The summed E-state index contributed by atoms with van der Waals surface area (Å²) in [7, 11) is 0. The fourth-order valence-electron chi connectivity index (χ4n) is 2.49. The second-order valence-electron chi connectivity index (χ2n) is 5.67. The van der Waals surface area contributed by atoms with E-state index in [9.17, 15) is 4.79 Å². The number of ether oxygens (including phenoxy) is 1. The number of nitrogens with two attached hydrogens (primary N) is 1. The Balaban J connectivity index is 1.73. The molecule has 1 unspecified atom stereocenters. The molecule has 20 heavy (non-hydrogen) atoms. The zero-order valence-corrected chi connectivity index (χ0v) is 12.1. The highest BCUT2D eigenvalue weighted by atomic mass is 16.5. The van der Waals surface area contributed by atoms with E-state index >= 15 is 0 Å². The van der Waals surface area contributed by atoms with Crippen molar-refractivity contribution in [3.63, 3.8) is 0 Å². The van der Waals surface area contributed by atoms with Gasteiger partial charge in [0.05, 0.1) is 13.0 Å². The van der Waals surface area contributed by atoms with E-state index in [0.29, 0.717) is 12.6 Å². The molecule has 4 heteroatoms. The van der Waals surface area contributed by atoms with Gasteiger partial charge < -0.3 is 15.8 Å². The van der Waals surface area contributed by atoms with Gasteiger partial charge in [-0.05, 0) is 43.5 Å². The van der Waals surface area contributed by atoms with Gasteiger partial charge in [-0.15, -0.1) is 0 Å². The molecule has 2 rings (SSSR count). The summed E-state index contributed by atoms with van der Waals surface area (Å²) >= 11 is 0. The van der Waals surface area contributed by atoms with E-state index in [-0.39, 0.29) is 12.3 Å². The molecule has 1 saturated carbocycles. The molecule has 0 saturated heterocycles. The number of hydrogen-bond acceptors (Lipinski definition) is 3. The van der Waals surface area contributed by atoms with Crippen LogP contribution in [-0.4, -0.2) is 18.6 Å². The Labute approximate surface area is 120 Å². The van der Waals surface area contributed by atoms with Crippen LogP contribution in [0, 0.1) is 5.92 Å². The third-order valence-corrected chi connectivity index (χ3v) is 3.80. The summed E-state index contributed by atoms with van der Waals surface area (Å²) in [5.41, 5.74) is 6.17. The Morgan fingerprint density at radius 3 is 2.65 bits per heavy atom. The van der Waals surface area contributed by atoms with Gasteiger partial charge in [-0.3, -0.25) is 4.79 Å². The number of primary amides is 1. The van der Waals surface area contributed by atoms with Crippen LogP contribution in [-0.2, 0) is 4.79 Å². The van der Waals surface area contributed by atoms with Gasteiger partial charge >= 0.3 is 0 Å². The van der Waals surface area contributed by atoms with E-state index in [1.165, 1.54) is 25.7 Å². The van der Waals surface area contributed by atoms with E-state index < -0.39 is 0 Å². The summed E-state index contributed by atoms with van der Waals surface area (Å²) in [6, 6.07) is 8.36. The smallest absolute Gasteiger partial charge is 0.220 e. The number of anilines is 1. The topological polar surface area (TPSA) is 64.3 Å². The van der Waals surface area contributed by atoms with Crippen molar-refractivity contribution in [2.24, 2.45) is 11.7 Å². The minimum atomic E-state index is -0.340. The first kappa shape index (κ1) is 14.7. The van der Waals surface area contributed by atoms with Crippen LogP contribution in [0.2, 0.25) is 0 Å². The van der Waals surface area contributed by atoms with Gasteiger partial charge in [-0.25, -0.2) is 0 Å². The summed E-state index contributed by atoms with van der Waals surface area (Å²) in [5, 5.41) is 3.51. The number of benzene rings is 1. The lowest BCUT2D eigenvalue weighted by Crippen LogP contribution is -2.23. The molecule has 0 bridgehead atoms. The standard InChI is InChI=1S/C16H24N2O2/c1-12(11-13-3-2-4-13)18-14-5-7-15(8-6-14)20-10-9-16(17)19/h5-8,12-13,18H,2-4,9-11H2,1H3,(H2,17,19). The molecule has 1 aromatic rings. The number of amides is 1. The molecule has 1 aliphatic carbocycles. The van der Waals surface area contributed by atoms with Crippen LogP contribution in [0.1, 0.15) is 39.0 Å². The fraction of sp³-hybridized carbons (Fsp3) is 0.562. The zero-order valence-electron chi connectivity index (χ0n) is 12.1. The molecule has 0 spiro atoms. The van der Waals surface area contributed by atoms with Crippen molar-refractivity contribution < 1.29 is 9.53 Å². The third-order valence-electron chi connectivity index (χ3n) is 3.80. The second-order valence-corrected chi connectivity index (χ2v) is 5.67. The summed E-state index contributed by atoms with van der Waals surface area (Å²) in [6.45, 7) is 2.57. The molecular formula is C16H24N2O2. The van der Waals surface area contributed by atoms with E-state index in [1.807, 2.05) is 24.3 Å². The predicted octanol–water partition coefficient (Wildman–Crippen LogP) is 2.93. The Bertz CT molecular complexity index is 427. The summed E-state index contributed by atoms with van der Waals surface area (Å²) in [5.74, 6) is 1.34. The largest absolute Gasteiger partial charge is 0.493 e. The average Bonchev–Trinajstić information content (AvgIpc) is 2.36. The molecule has 0 aromatic heterocycles. The molecule has 1 fully saturated rings.